The number of H-pyrrole nitrogens is 1. The predicted molar refractivity (Wildman–Crippen MR) is 128 cm³/mol. The van der Waals surface area contributed by atoms with Gasteiger partial charge in [-0.25, -0.2) is 13.6 Å². The lowest BCUT2D eigenvalue weighted by molar-refractivity contribution is -0.134. The highest BCUT2D eigenvalue weighted by molar-refractivity contribution is 6.31. The Morgan fingerprint density at radius 1 is 1.20 bits per heavy atom. The van der Waals surface area contributed by atoms with E-state index in [0.29, 0.717) is 22.3 Å². The summed E-state index contributed by atoms with van der Waals surface area (Å²) in [5, 5.41) is 3.59. The summed E-state index contributed by atoms with van der Waals surface area (Å²) in [5.74, 6) is -3.15. The number of benzene rings is 2. The third-order valence-corrected chi connectivity index (χ3v) is 5.40. The number of halogens is 3. The highest BCUT2D eigenvalue weighted by atomic mass is 35.5. The molecule has 7 nitrogen and oxygen atoms in total. The fourth-order valence-electron chi connectivity index (χ4n) is 3.78. The van der Waals surface area contributed by atoms with Crippen molar-refractivity contribution in [2.45, 2.75) is 45.8 Å². The second-order valence-corrected chi connectivity index (χ2v) is 9.38. The summed E-state index contributed by atoms with van der Waals surface area (Å²) in [6.45, 7) is 6.35. The zero-order chi connectivity index (χ0) is 25.9. The minimum Gasteiger partial charge on any atom is -0.461 e. The third-order valence-electron chi connectivity index (χ3n) is 5.17. The van der Waals surface area contributed by atoms with E-state index in [1.54, 1.807) is 45.9 Å². The van der Waals surface area contributed by atoms with Gasteiger partial charge in [0, 0.05) is 32.6 Å². The first-order valence-corrected chi connectivity index (χ1v) is 11.3. The average molecular weight is 506 g/mol. The maximum atomic E-state index is 14.5. The largest absolute Gasteiger partial charge is 0.461 e. The molecule has 2 N–H and O–H groups in total. The number of nitrogens with zero attached hydrogens (tertiary/aromatic N) is 1. The number of carbonyl (C=O) groups is 3. The van der Waals surface area contributed by atoms with Gasteiger partial charge in [-0.1, -0.05) is 23.7 Å². The molecule has 1 aromatic heterocycles. The topological polar surface area (TPSA) is 91.5 Å². The van der Waals surface area contributed by atoms with Gasteiger partial charge in [0.2, 0.25) is 12.3 Å². The molecule has 10 heteroatoms. The second kappa shape index (κ2) is 10.4. The summed E-state index contributed by atoms with van der Waals surface area (Å²) < 4.78 is 34.1. The molecule has 0 radical (unpaired) electrons. The van der Waals surface area contributed by atoms with Gasteiger partial charge >= 0.3 is 5.97 Å². The van der Waals surface area contributed by atoms with Gasteiger partial charge < -0.3 is 19.9 Å². The third kappa shape index (κ3) is 5.79. The quantitative estimate of drug-likeness (QED) is 0.337. The Kier molecular flexibility index (Phi) is 7.80. The number of amides is 2. The van der Waals surface area contributed by atoms with Gasteiger partial charge in [0.15, 0.2) is 0 Å². The Hall–Kier alpha value is -3.46. The van der Waals surface area contributed by atoms with E-state index in [-0.39, 0.29) is 17.9 Å². The zero-order valence-electron chi connectivity index (χ0n) is 19.7. The smallest absolute Gasteiger partial charge is 0.355 e. The van der Waals surface area contributed by atoms with Gasteiger partial charge in [0.05, 0.1) is 13.2 Å². The molecule has 0 saturated heterocycles. The number of ether oxygens (including phenoxy) is 1. The van der Waals surface area contributed by atoms with Crippen LogP contribution in [0.3, 0.4) is 0 Å². The Morgan fingerprint density at radius 2 is 1.86 bits per heavy atom. The molecular formula is C25H26ClF2N3O4. The number of aromatic amines is 1. The van der Waals surface area contributed by atoms with Crippen molar-refractivity contribution in [1.29, 1.82) is 0 Å². The maximum Gasteiger partial charge on any atom is 0.355 e. The van der Waals surface area contributed by atoms with Gasteiger partial charge in [-0.15, -0.1) is 0 Å². The number of rotatable bonds is 8. The Bertz CT molecular complexity index is 1250. The maximum absolute atomic E-state index is 14.5. The number of fused-ring (bicyclic) bond motifs is 1. The molecule has 0 spiro atoms. The molecule has 2 amide bonds. The Morgan fingerprint density at radius 3 is 2.43 bits per heavy atom. The van der Waals surface area contributed by atoms with E-state index in [1.165, 1.54) is 6.07 Å². The summed E-state index contributed by atoms with van der Waals surface area (Å²) >= 11 is 6.12. The lowest BCUT2D eigenvalue weighted by Gasteiger charge is -2.31. The molecule has 1 unspecified atom stereocenters. The summed E-state index contributed by atoms with van der Waals surface area (Å²) in [6, 6.07) is 6.61. The van der Waals surface area contributed by atoms with E-state index >= 15 is 0 Å². The van der Waals surface area contributed by atoms with Gasteiger partial charge in [0.25, 0.3) is 0 Å². The normalized spacial score (nSPS) is 12.3. The lowest BCUT2D eigenvalue weighted by Crippen LogP contribution is -2.47. The molecule has 3 aromatic rings. The van der Waals surface area contributed by atoms with Crippen LogP contribution in [0.15, 0.2) is 36.4 Å². The van der Waals surface area contributed by atoms with Crippen LogP contribution < -0.4 is 5.32 Å². The molecule has 1 heterocycles. The van der Waals surface area contributed by atoms with Crippen molar-refractivity contribution < 1.29 is 27.9 Å². The number of hydrogen-bond acceptors (Lipinski definition) is 4. The van der Waals surface area contributed by atoms with Gasteiger partial charge in [-0.2, -0.15) is 0 Å². The van der Waals surface area contributed by atoms with E-state index in [9.17, 15) is 23.2 Å². The molecule has 0 aliphatic carbocycles. The standard InChI is InChI=1S/C25H26ClF2N3O4/c1-5-35-24(34)21-20(15-10-9-14(26)11-19(15)29-21)22(23(33)30-25(2,3)4)31(13-32)12-16-17(27)7-6-8-18(16)28/h6-11,13,22,29H,5,12H2,1-4H3,(H,30,33). The van der Waals surface area contributed by atoms with Crippen LogP contribution in [-0.4, -0.2) is 40.3 Å². The first-order chi connectivity index (χ1) is 16.5. The van der Waals surface area contributed by atoms with Gasteiger partial charge in [-0.3, -0.25) is 9.59 Å². The van der Waals surface area contributed by atoms with Crippen LogP contribution >= 0.6 is 11.6 Å². The molecule has 0 bridgehead atoms. The molecule has 0 fully saturated rings. The number of esters is 1. The van der Waals surface area contributed by atoms with E-state index < -0.39 is 47.2 Å². The van der Waals surface area contributed by atoms with Crippen LogP contribution in [0.2, 0.25) is 5.02 Å². The minimum absolute atomic E-state index is 0.0606. The highest BCUT2D eigenvalue weighted by Gasteiger charge is 2.36. The average Bonchev–Trinajstić information content (AvgIpc) is 3.12. The molecule has 2 aromatic carbocycles. The second-order valence-electron chi connectivity index (χ2n) is 8.94. The van der Waals surface area contributed by atoms with Crippen molar-refractivity contribution in [2.24, 2.45) is 0 Å². The SMILES string of the molecule is CCOC(=O)c1[nH]c2cc(Cl)ccc2c1C(C(=O)NC(C)(C)C)N(C=O)Cc1c(F)cccc1F. The number of carbonyl (C=O) groups excluding carboxylic acids is 3. The van der Waals surface area contributed by atoms with E-state index in [1.807, 2.05) is 0 Å². The van der Waals surface area contributed by atoms with Gasteiger partial charge in [0.1, 0.15) is 23.4 Å². The van der Waals surface area contributed by atoms with Crippen molar-refractivity contribution in [1.82, 2.24) is 15.2 Å². The molecule has 0 aliphatic heterocycles. The minimum atomic E-state index is -1.43. The van der Waals surface area contributed by atoms with Crippen LogP contribution in [-0.2, 0) is 20.9 Å². The molecule has 0 aliphatic rings. The van der Waals surface area contributed by atoms with Crippen LogP contribution in [0.4, 0.5) is 8.78 Å². The Balaban J connectivity index is 2.26. The first kappa shape index (κ1) is 26.2. The summed E-state index contributed by atoms with van der Waals surface area (Å²) in [7, 11) is 0. The summed E-state index contributed by atoms with van der Waals surface area (Å²) in [6.07, 6.45) is 0.322. The number of aromatic nitrogens is 1. The van der Waals surface area contributed by atoms with Crippen molar-refractivity contribution in [3.8, 4) is 0 Å². The molecule has 186 valence electrons. The molecule has 35 heavy (non-hydrogen) atoms. The Labute approximate surface area is 206 Å². The van der Waals surface area contributed by atoms with Crippen LogP contribution in [0, 0.1) is 11.6 Å². The van der Waals surface area contributed by atoms with Crippen molar-refractivity contribution in [3.63, 3.8) is 0 Å². The summed E-state index contributed by atoms with van der Waals surface area (Å²) in [5.41, 5.74) is -0.632. The van der Waals surface area contributed by atoms with Crippen molar-refractivity contribution in [3.05, 3.63) is 69.9 Å². The van der Waals surface area contributed by atoms with Crippen molar-refractivity contribution >= 4 is 40.8 Å². The van der Waals surface area contributed by atoms with Crippen LogP contribution in [0.25, 0.3) is 10.9 Å². The zero-order valence-corrected chi connectivity index (χ0v) is 20.5. The fraction of sp³-hybridized carbons (Fsp3) is 0.320. The number of hydrogen-bond donors (Lipinski definition) is 2. The van der Waals surface area contributed by atoms with Crippen LogP contribution in [0.1, 0.15) is 55.4 Å². The lowest BCUT2D eigenvalue weighted by atomic mass is 9.98. The molecule has 1 atom stereocenters. The van der Waals surface area contributed by atoms with Gasteiger partial charge in [-0.05, 0) is 52.0 Å². The molecule has 0 saturated carbocycles. The van der Waals surface area contributed by atoms with Crippen molar-refractivity contribution in [2.75, 3.05) is 6.61 Å². The highest BCUT2D eigenvalue weighted by Crippen LogP contribution is 2.35. The predicted octanol–water partition coefficient (Wildman–Crippen LogP) is 4.89. The fourth-order valence-corrected chi connectivity index (χ4v) is 3.95. The molecular weight excluding hydrogens is 480 g/mol. The monoisotopic (exact) mass is 505 g/mol. The number of nitrogens with one attached hydrogen (secondary N) is 2. The summed E-state index contributed by atoms with van der Waals surface area (Å²) in [4.78, 5) is 42.6. The van der Waals surface area contributed by atoms with E-state index in [4.69, 9.17) is 16.3 Å². The van der Waals surface area contributed by atoms with E-state index in [0.717, 1.165) is 17.0 Å². The first-order valence-electron chi connectivity index (χ1n) is 10.9. The molecule has 3 rings (SSSR count). The van der Waals surface area contributed by atoms with Crippen LogP contribution in [0.5, 0.6) is 0 Å². The van der Waals surface area contributed by atoms with E-state index in [2.05, 4.69) is 10.3 Å².